The summed E-state index contributed by atoms with van der Waals surface area (Å²) in [5.74, 6) is -0.0718. The summed E-state index contributed by atoms with van der Waals surface area (Å²) in [4.78, 5) is 25.0. The summed E-state index contributed by atoms with van der Waals surface area (Å²) in [5.41, 5.74) is 0. The van der Waals surface area contributed by atoms with E-state index in [2.05, 4.69) is 27.7 Å². The van der Waals surface area contributed by atoms with Crippen LogP contribution in [0.3, 0.4) is 0 Å². The van der Waals surface area contributed by atoms with Gasteiger partial charge in [-0.2, -0.15) is 0 Å². The van der Waals surface area contributed by atoms with Crippen molar-refractivity contribution in [3.63, 3.8) is 0 Å². The number of benzene rings is 1. The largest absolute Gasteiger partial charge is 0.511 e. The highest BCUT2D eigenvalue weighted by Gasteiger charge is 2.20. The summed E-state index contributed by atoms with van der Waals surface area (Å²) in [6, 6.07) is 7.89. The van der Waals surface area contributed by atoms with Gasteiger partial charge in [0.25, 0.3) is 11.9 Å². The fourth-order valence-corrected chi connectivity index (χ4v) is 4.93. The van der Waals surface area contributed by atoms with Gasteiger partial charge in [0.1, 0.15) is 0 Å². The SMILES string of the molecule is CCCCC(CCCC)C(=O)O[Si]c1ccc([Si]OC(=O)C(CCCC)CCCC)cc1. The van der Waals surface area contributed by atoms with Crippen LogP contribution in [0.15, 0.2) is 24.3 Å². The molecule has 0 aliphatic rings. The zero-order valence-corrected chi connectivity index (χ0v) is 22.6. The lowest BCUT2D eigenvalue weighted by Gasteiger charge is -2.16. The van der Waals surface area contributed by atoms with Crippen LogP contribution >= 0.6 is 0 Å². The lowest BCUT2D eigenvalue weighted by molar-refractivity contribution is -0.140. The van der Waals surface area contributed by atoms with E-state index in [9.17, 15) is 9.59 Å². The van der Waals surface area contributed by atoms with Crippen LogP contribution in [0, 0.1) is 11.8 Å². The summed E-state index contributed by atoms with van der Waals surface area (Å²) in [6.45, 7) is 8.61. The first-order chi connectivity index (χ1) is 15.5. The topological polar surface area (TPSA) is 52.6 Å². The molecule has 0 bridgehead atoms. The van der Waals surface area contributed by atoms with Crippen LogP contribution < -0.4 is 10.4 Å². The minimum absolute atomic E-state index is 0.0227. The third-order valence-corrected chi connectivity index (χ3v) is 7.46. The number of unbranched alkanes of at least 4 members (excludes halogenated alkanes) is 4. The van der Waals surface area contributed by atoms with Crippen LogP contribution in [0.2, 0.25) is 0 Å². The van der Waals surface area contributed by atoms with Crippen LogP contribution in [0.4, 0.5) is 0 Å². The van der Waals surface area contributed by atoms with Crippen molar-refractivity contribution in [1.29, 1.82) is 0 Å². The van der Waals surface area contributed by atoms with Crippen molar-refractivity contribution in [2.24, 2.45) is 11.8 Å². The monoisotopic (exact) mass is 474 g/mol. The number of carbonyl (C=O) groups is 2. The van der Waals surface area contributed by atoms with Crippen LogP contribution in [-0.2, 0) is 18.4 Å². The van der Waals surface area contributed by atoms with Crippen LogP contribution in [-0.4, -0.2) is 31.5 Å². The minimum atomic E-state index is -0.0599. The Labute approximate surface area is 201 Å². The van der Waals surface area contributed by atoms with Gasteiger partial charge in [-0.15, -0.1) is 0 Å². The molecular weight excluding hydrogens is 432 g/mol. The first-order valence-corrected chi connectivity index (χ1v) is 14.4. The first-order valence-electron chi connectivity index (χ1n) is 12.6. The van der Waals surface area contributed by atoms with E-state index in [0.717, 1.165) is 87.4 Å². The van der Waals surface area contributed by atoms with Crippen molar-refractivity contribution in [2.75, 3.05) is 0 Å². The average molecular weight is 475 g/mol. The summed E-state index contributed by atoms with van der Waals surface area (Å²) >= 11 is 0. The normalized spacial score (nSPS) is 11.2. The van der Waals surface area contributed by atoms with Crippen molar-refractivity contribution in [3.8, 4) is 0 Å². The molecule has 0 amide bonds. The Kier molecular flexibility index (Phi) is 16.2. The summed E-state index contributed by atoms with van der Waals surface area (Å²) in [5, 5.41) is 1.98. The van der Waals surface area contributed by atoms with Gasteiger partial charge < -0.3 is 8.85 Å². The van der Waals surface area contributed by atoms with Gasteiger partial charge in [0.15, 0.2) is 0 Å². The summed E-state index contributed by atoms with van der Waals surface area (Å²) in [7, 11) is 0.0455. The Morgan fingerprint density at radius 2 is 0.906 bits per heavy atom. The molecule has 0 spiro atoms. The molecule has 1 aromatic carbocycles. The molecule has 0 aromatic heterocycles. The highest BCUT2D eigenvalue weighted by atomic mass is 28.2. The Morgan fingerprint density at radius 3 is 1.16 bits per heavy atom. The van der Waals surface area contributed by atoms with E-state index in [0.29, 0.717) is 0 Å². The maximum atomic E-state index is 12.5. The van der Waals surface area contributed by atoms with Crippen molar-refractivity contribution in [1.82, 2.24) is 0 Å². The second kappa shape index (κ2) is 18.1. The van der Waals surface area contributed by atoms with E-state index < -0.39 is 0 Å². The van der Waals surface area contributed by atoms with E-state index in [1.54, 1.807) is 0 Å². The molecule has 0 aliphatic carbocycles. The van der Waals surface area contributed by atoms with E-state index >= 15 is 0 Å². The van der Waals surface area contributed by atoms with Gasteiger partial charge in [0, 0.05) is 0 Å². The zero-order valence-electron chi connectivity index (χ0n) is 20.6. The molecule has 1 aromatic rings. The quantitative estimate of drug-likeness (QED) is 0.273. The Hall–Kier alpha value is -1.41. The van der Waals surface area contributed by atoms with Gasteiger partial charge in [-0.1, -0.05) is 103 Å². The van der Waals surface area contributed by atoms with Crippen molar-refractivity contribution >= 4 is 41.8 Å². The second-order valence-corrected chi connectivity index (χ2v) is 10.6. The molecule has 0 fully saturated rings. The predicted molar refractivity (Wildman–Crippen MR) is 134 cm³/mol. The minimum Gasteiger partial charge on any atom is -0.511 e. The standard InChI is InChI=1S/C26H42O4Si2/c1-5-9-13-21(14-10-6-2)25(27)29-31-23-17-19-24(20-18-23)32-30-26(28)22(15-11-7-3)16-12-8-4/h17-22H,5-16H2,1-4H3. The van der Waals surface area contributed by atoms with Crippen molar-refractivity contribution in [2.45, 2.75) is 105 Å². The molecule has 0 saturated carbocycles. The predicted octanol–water partition coefficient (Wildman–Crippen LogP) is 5.26. The second-order valence-electron chi connectivity index (χ2n) is 8.59. The lowest BCUT2D eigenvalue weighted by atomic mass is 9.96. The molecule has 4 nitrogen and oxygen atoms in total. The fourth-order valence-electron chi connectivity index (χ4n) is 3.55. The van der Waals surface area contributed by atoms with Crippen LogP contribution in [0.5, 0.6) is 0 Å². The number of hydrogen-bond donors (Lipinski definition) is 0. The van der Waals surface area contributed by atoms with E-state index in [1.807, 2.05) is 24.3 Å². The van der Waals surface area contributed by atoms with E-state index in [-0.39, 0.29) is 43.3 Å². The maximum absolute atomic E-state index is 12.5. The van der Waals surface area contributed by atoms with Gasteiger partial charge >= 0.3 is 19.5 Å². The summed E-state index contributed by atoms with van der Waals surface area (Å²) in [6.07, 6.45) is 12.4. The van der Waals surface area contributed by atoms with Crippen LogP contribution in [0.25, 0.3) is 0 Å². The first kappa shape index (κ1) is 28.6. The number of rotatable bonds is 18. The van der Waals surface area contributed by atoms with E-state index in [1.165, 1.54) is 0 Å². The Balaban J connectivity index is 2.50. The molecule has 4 radical (unpaired) electrons. The molecule has 6 heteroatoms. The molecule has 0 N–H and O–H groups in total. The average Bonchev–Trinajstić information content (AvgIpc) is 2.81. The third kappa shape index (κ3) is 12.0. The Bertz CT molecular complexity index is 562. The van der Waals surface area contributed by atoms with Crippen LogP contribution in [0.1, 0.15) is 105 Å². The third-order valence-electron chi connectivity index (χ3n) is 5.72. The maximum Gasteiger partial charge on any atom is 0.355 e. The smallest absolute Gasteiger partial charge is 0.355 e. The molecule has 32 heavy (non-hydrogen) atoms. The van der Waals surface area contributed by atoms with Gasteiger partial charge in [0.2, 0.25) is 0 Å². The molecule has 0 heterocycles. The van der Waals surface area contributed by atoms with E-state index in [4.69, 9.17) is 8.85 Å². The molecular formula is C26H42O4Si2. The van der Waals surface area contributed by atoms with Gasteiger partial charge in [-0.3, -0.25) is 9.59 Å². The molecule has 1 rings (SSSR count). The zero-order chi connectivity index (χ0) is 23.6. The highest BCUT2D eigenvalue weighted by molar-refractivity contribution is 6.51. The Morgan fingerprint density at radius 1 is 0.625 bits per heavy atom. The molecule has 0 unspecified atom stereocenters. The fraction of sp³-hybridized carbons (Fsp3) is 0.692. The number of carbonyl (C=O) groups excluding carboxylic acids is 2. The van der Waals surface area contributed by atoms with Gasteiger partial charge in [0.05, 0.1) is 11.8 Å². The summed E-state index contributed by atoms with van der Waals surface area (Å²) < 4.78 is 11.3. The molecule has 178 valence electrons. The van der Waals surface area contributed by atoms with Gasteiger partial charge in [-0.05, 0) is 36.1 Å². The van der Waals surface area contributed by atoms with Crippen molar-refractivity contribution < 1.29 is 18.4 Å². The van der Waals surface area contributed by atoms with Crippen molar-refractivity contribution in [3.05, 3.63) is 24.3 Å². The molecule has 0 aliphatic heterocycles. The highest BCUT2D eigenvalue weighted by Crippen LogP contribution is 2.18. The molecule has 0 saturated heterocycles. The lowest BCUT2D eigenvalue weighted by Crippen LogP contribution is -2.29. The molecule has 0 atom stereocenters. The number of hydrogen-bond acceptors (Lipinski definition) is 4. The van der Waals surface area contributed by atoms with Gasteiger partial charge in [-0.25, -0.2) is 0 Å².